The standard InChI is InChI=1S/C11H16FNO/c1-11(13,7-8-14-2)9-3-5-10(12)6-4-9/h3-6H,7-8,13H2,1-2H3. The molecule has 2 nitrogen and oxygen atoms in total. The van der Waals surface area contributed by atoms with Crippen LogP contribution in [0.5, 0.6) is 0 Å². The van der Waals surface area contributed by atoms with Crippen molar-refractivity contribution < 1.29 is 9.13 Å². The third-order valence-electron chi connectivity index (χ3n) is 2.33. The molecule has 0 aromatic heterocycles. The quantitative estimate of drug-likeness (QED) is 0.801. The number of rotatable bonds is 4. The number of halogens is 1. The van der Waals surface area contributed by atoms with Crippen molar-refractivity contribution in [1.82, 2.24) is 0 Å². The molecular weight excluding hydrogens is 181 g/mol. The number of benzene rings is 1. The van der Waals surface area contributed by atoms with E-state index >= 15 is 0 Å². The summed E-state index contributed by atoms with van der Waals surface area (Å²) in [7, 11) is 1.64. The van der Waals surface area contributed by atoms with E-state index < -0.39 is 5.54 Å². The van der Waals surface area contributed by atoms with E-state index in [1.807, 2.05) is 6.92 Å². The zero-order chi connectivity index (χ0) is 10.6. The second-order valence-electron chi connectivity index (χ2n) is 3.67. The Bertz CT molecular complexity index is 282. The number of methoxy groups -OCH3 is 1. The van der Waals surface area contributed by atoms with Crippen LogP contribution in [0.2, 0.25) is 0 Å². The fraction of sp³-hybridized carbons (Fsp3) is 0.455. The van der Waals surface area contributed by atoms with Gasteiger partial charge in [-0.15, -0.1) is 0 Å². The summed E-state index contributed by atoms with van der Waals surface area (Å²) in [6, 6.07) is 6.27. The minimum atomic E-state index is -0.455. The molecular formula is C11H16FNO. The average molecular weight is 197 g/mol. The van der Waals surface area contributed by atoms with Gasteiger partial charge in [-0.3, -0.25) is 0 Å². The molecule has 1 unspecified atom stereocenters. The Morgan fingerprint density at radius 1 is 1.36 bits per heavy atom. The Balaban J connectivity index is 2.75. The largest absolute Gasteiger partial charge is 0.385 e. The van der Waals surface area contributed by atoms with Gasteiger partial charge in [-0.2, -0.15) is 0 Å². The Hall–Kier alpha value is -0.930. The van der Waals surface area contributed by atoms with E-state index in [2.05, 4.69) is 0 Å². The summed E-state index contributed by atoms with van der Waals surface area (Å²) in [6.07, 6.45) is 0.717. The highest BCUT2D eigenvalue weighted by atomic mass is 19.1. The van der Waals surface area contributed by atoms with Crippen molar-refractivity contribution in [3.05, 3.63) is 35.6 Å². The van der Waals surface area contributed by atoms with Gasteiger partial charge in [-0.1, -0.05) is 12.1 Å². The van der Waals surface area contributed by atoms with Crippen molar-refractivity contribution in [3.8, 4) is 0 Å². The minimum Gasteiger partial charge on any atom is -0.385 e. The zero-order valence-corrected chi connectivity index (χ0v) is 8.59. The van der Waals surface area contributed by atoms with Crippen LogP contribution < -0.4 is 5.73 Å². The normalized spacial score (nSPS) is 15.1. The van der Waals surface area contributed by atoms with Crippen molar-refractivity contribution >= 4 is 0 Å². The summed E-state index contributed by atoms with van der Waals surface area (Å²) in [5.74, 6) is -0.240. The van der Waals surface area contributed by atoms with Crippen molar-refractivity contribution in [3.63, 3.8) is 0 Å². The van der Waals surface area contributed by atoms with Gasteiger partial charge in [0.1, 0.15) is 5.82 Å². The van der Waals surface area contributed by atoms with Crippen LogP contribution in [0.15, 0.2) is 24.3 Å². The van der Waals surface area contributed by atoms with E-state index in [-0.39, 0.29) is 5.82 Å². The van der Waals surface area contributed by atoms with Gasteiger partial charge >= 0.3 is 0 Å². The Morgan fingerprint density at radius 2 is 1.93 bits per heavy atom. The maximum atomic E-state index is 12.7. The first-order chi connectivity index (χ1) is 6.56. The molecule has 0 radical (unpaired) electrons. The van der Waals surface area contributed by atoms with Crippen LogP contribution in [0.3, 0.4) is 0 Å². The lowest BCUT2D eigenvalue weighted by molar-refractivity contribution is 0.172. The van der Waals surface area contributed by atoms with E-state index in [4.69, 9.17) is 10.5 Å². The fourth-order valence-corrected chi connectivity index (χ4v) is 1.29. The van der Waals surface area contributed by atoms with Gasteiger partial charge in [0.15, 0.2) is 0 Å². The monoisotopic (exact) mass is 197 g/mol. The third-order valence-corrected chi connectivity index (χ3v) is 2.33. The molecule has 78 valence electrons. The van der Waals surface area contributed by atoms with Gasteiger partial charge in [-0.25, -0.2) is 4.39 Å². The molecule has 0 aliphatic rings. The lowest BCUT2D eigenvalue weighted by Crippen LogP contribution is -2.34. The first kappa shape index (κ1) is 11.1. The van der Waals surface area contributed by atoms with Crippen molar-refractivity contribution in [2.24, 2.45) is 5.73 Å². The van der Waals surface area contributed by atoms with E-state index in [1.54, 1.807) is 19.2 Å². The minimum absolute atomic E-state index is 0.240. The summed E-state index contributed by atoms with van der Waals surface area (Å²) < 4.78 is 17.6. The second kappa shape index (κ2) is 4.53. The lowest BCUT2D eigenvalue weighted by atomic mass is 9.90. The topological polar surface area (TPSA) is 35.2 Å². The number of ether oxygens (including phenoxy) is 1. The molecule has 0 heterocycles. The molecule has 1 atom stereocenters. The Kier molecular flexibility index (Phi) is 3.61. The summed E-state index contributed by atoms with van der Waals surface area (Å²) in [4.78, 5) is 0. The van der Waals surface area contributed by atoms with E-state index in [9.17, 15) is 4.39 Å². The molecule has 0 fully saturated rings. The zero-order valence-electron chi connectivity index (χ0n) is 8.59. The van der Waals surface area contributed by atoms with Gasteiger partial charge < -0.3 is 10.5 Å². The van der Waals surface area contributed by atoms with Crippen molar-refractivity contribution in [2.45, 2.75) is 18.9 Å². The smallest absolute Gasteiger partial charge is 0.123 e. The molecule has 0 saturated carbocycles. The van der Waals surface area contributed by atoms with Crippen LogP contribution in [0, 0.1) is 5.82 Å². The fourth-order valence-electron chi connectivity index (χ4n) is 1.29. The van der Waals surface area contributed by atoms with Gasteiger partial charge in [0, 0.05) is 19.3 Å². The molecule has 1 aromatic carbocycles. The van der Waals surface area contributed by atoms with E-state index in [0.717, 1.165) is 12.0 Å². The van der Waals surface area contributed by atoms with Crippen molar-refractivity contribution in [2.75, 3.05) is 13.7 Å². The summed E-state index contributed by atoms with van der Waals surface area (Å²) in [5, 5.41) is 0. The third kappa shape index (κ3) is 2.79. The molecule has 0 spiro atoms. The van der Waals surface area contributed by atoms with Crippen LogP contribution in [0.1, 0.15) is 18.9 Å². The molecule has 3 heteroatoms. The van der Waals surface area contributed by atoms with Gasteiger partial charge in [0.2, 0.25) is 0 Å². The van der Waals surface area contributed by atoms with Crippen LogP contribution in [0.25, 0.3) is 0 Å². The van der Waals surface area contributed by atoms with Crippen LogP contribution in [-0.2, 0) is 10.3 Å². The van der Waals surface area contributed by atoms with Crippen LogP contribution in [-0.4, -0.2) is 13.7 Å². The highest BCUT2D eigenvalue weighted by molar-refractivity contribution is 5.23. The van der Waals surface area contributed by atoms with Gasteiger partial charge in [-0.05, 0) is 31.0 Å². The average Bonchev–Trinajstić information content (AvgIpc) is 2.16. The Labute approximate surface area is 83.9 Å². The van der Waals surface area contributed by atoms with E-state index in [0.29, 0.717) is 6.61 Å². The van der Waals surface area contributed by atoms with Gasteiger partial charge in [0.05, 0.1) is 0 Å². The predicted molar refractivity (Wildman–Crippen MR) is 54.4 cm³/mol. The molecule has 0 aliphatic carbocycles. The molecule has 1 aromatic rings. The highest BCUT2D eigenvalue weighted by Gasteiger charge is 2.20. The molecule has 14 heavy (non-hydrogen) atoms. The summed E-state index contributed by atoms with van der Waals surface area (Å²) >= 11 is 0. The lowest BCUT2D eigenvalue weighted by Gasteiger charge is -2.24. The molecule has 1 rings (SSSR count). The molecule has 0 amide bonds. The first-order valence-electron chi connectivity index (χ1n) is 4.60. The number of hydrogen-bond acceptors (Lipinski definition) is 2. The van der Waals surface area contributed by atoms with Gasteiger partial charge in [0.25, 0.3) is 0 Å². The van der Waals surface area contributed by atoms with Crippen LogP contribution >= 0.6 is 0 Å². The maximum Gasteiger partial charge on any atom is 0.123 e. The van der Waals surface area contributed by atoms with Crippen LogP contribution in [0.4, 0.5) is 4.39 Å². The summed E-state index contributed by atoms with van der Waals surface area (Å²) in [6.45, 7) is 2.52. The number of hydrogen-bond donors (Lipinski definition) is 1. The Morgan fingerprint density at radius 3 is 2.43 bits per heavy atom. The SMILES string of the molecule is COCCC(C)(N)c1ccc(F)cc1. The predicted octanol–water partition coefficient (Wildman–Crippen LogP) is 2.04. The molecule has 0 bridgehead atoms. The van der Waals surface area contributed by atoms with Crippen molar-refractivity contribution in [1.29, 1.82) is 0 Å². The molecule has 0 aliphatic heterocycles. The summed E-state index contributed by atoms with van der Waals surface area (Å²) in [5.41, 5.74) is 6.54. The highest BCUT2D eigenvalue weighted by Crippen LogP contribution is 2.21. The first-order valence-corrected chi connectivity index (χ1v) is 4.60. The van der Waals surface area contributed by atoms with E-state index in [1.165, 1.54) is 12.1 Å². The maximum absolute atomic E-state index is 12.7. The second-order valence-corrected chi connectivity index (χ2v) is 3.67. The molecule has 2 N–H and O–H groups in total. The molecule has 0 saturated heterocycles. The number of nitrogens with two attached hydrogens (primary N) is 1.